The molecule has 0 aromatic rings. The van der Waals surface area contributed by atoms with E-state index in [1.165, 1.54) is 10.2 Å². The Kier molecular flexibility index (Phi) is 6.20. The third-order valence-electron chi connectivity index (χ3n) is 3.67. The van der Waals surface area contributed by atoms with Crippen LogP contribution in [0.3, 0.4) is 0 Å². The molecule has 1 aliphatic carbocycles. The van der Waals surface area contributed by atoms with Gasteiger partial charge in [0.25, 0.3) is 0 Å². The van der Waals surface area contributed by atoms with Gasteiger partial charge in [-0.25, -0.2) is 19.3 Å². The molecular formula is C6H18N2O12P4. The maximum absolute atomic E-state index is 12.0. The highest BCUT2D eigenvalue weighted by molar-refractivity contribution is 7.61. The summed E-state index contributed by atoms with van der Waals surface area (Å²) in [6.07, 6.45) is -1.97. The first-order chi connectivity index (χ1) is 10.4. The molecule has 0 amide bonds. The lowest BCUT2D eigenvalue weighted by atomic mass is 9.90. The minimum Gasteiger partial charge on any atom is -0.323 e. The van der Waals surface area contributed by atoms with Crippen LogP contribution in [0.25, 0.3) is 0 Å². The molecular weight excluding hydrogens is 416 g/mol. The van der Waals surface area contributed by atoms with Crippen molar-refractivity contribution in [1.82, 2.24) is 10.2 Å². The Balaban J connectivity index is 3.84. The van der Waals surface area contributed by atoms with Crippen molar-refractivity contribution in [2.75, 3.05) is 0 Å². The molecule has 0 heterocycles. The van der Waals surface area contributed by atoms with Crippen LogP contribution in [0.5, 0.6) is 0 Å². The van der Waals surface area contributed by atoms with Gasteiger partial charge in [0, 0.05) is 0 Å². The van der Waals surface area contributed by atoms with Crippen molar-refractivity contribution < 1.29 is 57.4 Å². The minimum absolute atomic E-state index is 0.122. The molecule has 10 N–H and O–H groups in total. The predicted octanol–water partition coefficient (Wildman–Crippen LogP) is -1.33. The van der Waals surface area contributed by atoms with Gasteiger partial charge >= 0.3 is 30.7 Å². The SMILES string of the molecule is O=P(O)(O)NC1(P(=O)(O)O)CCCCC1(NP(=O)(O)O)P(=O)(O)O. The third-order valence-corrected chi connectivity index (χ3v) is 8.97. The first-order valence-electron chi connectivity index (χ1n) is 6.18. The molecule has 0 spiro atoms. The molecule has 1 rings (SSSR count). The van der Waals surface area contributed by atoms with Crippen LogP contribution in [0.2, 0.25) is 0 Å². The molecule has 1 aliphatic rings. The van der Waals surface area contributed by atoms with E-state index in [1.54, 1.807) is 0 Å². The van der Waals surface area contributed by atoms with Gasteiger partial charge in [0.05, 0.1) is 0 Å². The molecule has 14 nitrogen and oxygen atoms in total. The van der Waals surface area contributed by atoms with E-state index in [2.05, 4.69) is 0 Å². The maximum Gasteiger partial charge on any atom is 0.401 e. The van der Waals surface area contributed by atoms with Crippen LogP contribution in [0, 0.1) is 0 Å². The van der Waals surface area contributed by atoms with E-state index in [4.69, 9.17) is 19.6 Å². The van der Waals surface area contributed by atoms with E-state index in [1.807, 2.05) is 0 Å². The topological polar surface area (TPSA) is 254 Å². The first kappa shape index (κ1) is 22.6. The van der Waals surface area contributed by atoms with E-state index in [9.17, 15) is 37.8 Å². The molecule has 0 aliphatic heterocycles. The van der Waals surface area contributed by atoms with Crippen molar-refractivity contribution in [3.63, 3.8) is 0 Å². The molecule has 24 heavy (non-hydrogen) atoms. The van der Waals surface area contributed by atoms with Gasteiger partial charge in [0.1, 0.15) is 0 Å². The van der Waals surface area contributed by atoms with Crippen molar-refractivity contribution in [2.24, 2.45) is 0 Å². The summed E-state index contributed by atoms with van der Waals surface area (Å²) >= 11 is 0. The van der Waals surface area contributed by atoms with Crippen LogP contribution in [-0.4, -0.2) is 49.7 Å². The van der Waals surface area contributed by atoms with Gasteiger partial charge in [-0.3, -0.25) is 9.13 Å². The Labute approximate surface area is 135 Å². The molecule has 0 aromatic carbocycles. The Morgan fingerprint density at radius 3 is 1.00 bits per heavy atom. The average Bonchev–Trinajstić information content (AvgIpc) is 2.24. The van der Waals surface area contributed by atoms with Gasteiger partial charge in [-0.1, -0.05) is 12.8 Å². The van der Waals surface area contributed by atoms with Crippen LogP contribution < -0.4 is 10.2 Å². The maximum atomic E-state index is 12.0. The second-order valence-corrected chi connectivity index (χ2v) is 11.7. The Morgan fingerprint density at radius 2 is 0.833 bits per heavy atom. The lowest BCUT2D eigenvalue weighted by molar-refractivity contribution is 0.156. The van der Waals surface area contributed by atoms with Crippen molar-refractivity contribution >= 4 is 30.7 Å². The van der Waals surface area contributed by atoms with Gasteiger partial charge < -0.3 is 39.1 Å². The molecule has 2 atom stereocenters. The van der Waals surface area contributed by atoms with E-state index in [0.29, 0.717) is 0 Å². The zero-order chi connectivity index (χ0) is 19.2. The van der Waals surface area contributed by atoms with Crippen molar-refractivity contribution in [2.45, 2.75) is 36.2 Å². The number of hydrogen-bond donors (Lipinski definition) is 10. The number of nitrogens with one attached hydrogen (secondary N) is 2. The third kappa shape index (κ3) is 4.43. The van der Waals surface area contributed by atoms with Crippen molar-refractivity contribution in [3.8, 4) is 0 Å². The zero-order valence-corrected chi connectivity index (χ0v) is 15.4. The van der Waals surface area contributed by atoms with E-state index in [0.717, 1.165) is 0 Å². The summed E-state index contributed by atoms with van der Waals surface area (Å²) in [4.78, 5) is 74.8. The van der Waals surface area contributed by atoms with Crippen LogP contribution in [0.4, 0.5) is 0 Å². The second-order valence-electron chi connectivity index (χ2n) is 5.33. The standard InChI is InChI=1S/C6H18N2O12P4/c9-21(10,11)5(7-23(15,16)17)3-1-2-4-6(5,22(12,13)14)8-24(18,19)20/h1-4H2,(H2,9,10,11)(H2,12,13,14)(H3,7,15,16,17)(H3,8,18,19,20). The Morgan fingerprint density at radius 1 is 0.583 bits per heavy atom. The molecule has 2 unspecified atom stereocenters. The quantitative estimate of drug-likeness (QED) is 0.218. The van der Waals surface area contributed by atoms with Crippen LogP contribution in [0.15, 0.2) is 0 Å². The highest BCUT2D eigenvalue weighted by atomic mass is 31.2. The Bertz CT molecular complexity index is 615. The highest BCUT2D eigenvalue weighted by Gasteiger charge is 2.73. The Hall–Kier alpha value is 0.520. The van der Waals surface area contributed by atoms with E-state index in [-0.39, 0.29) is 12.8 Å². The monoisotopic (exact) mass is 434 g/mol. The molecule has 0 radical (unpaired) electrons. The molecule has 18 heteroatoms. The second kappa shape index (κ2) is 6.60. The largest absolute Gasteiger partial charge is 0.401 e. The lowest BCUT2D eigenvalue weighted by Crippen LogP contribution is -2.68. The molecule has 144 valence electrons. The summed E-state index contributed by atoms with van der Waals surface area (Å²) in [5.41, 5.74) is 0. The van der Waals surface area contributed by atoms with Crippen LogP contribution >= 0.6 is 30.7 Å². The summed E-state index contributed by atoms with van der Waals surface area (Å²) in [6, 6.07) is 0. The smallest absolute Gasteiger partial charge is 0.323 e. The summed E-state index contributed by atoms with van der Waals surface area (Å²) < 4.78 is 46.6. The molecule has 0 saturated heterocycles. The van der Waals surface area contributed by atoms with Crippen molar-refractivity contribution in [3.05, 3.63) is 0 Å². The van der Waals surface area contributed by atoms with E-state index >= 15 is 0 Å². The number of rotatable bonds is 6. The fourth-order valence-electron chi connectivity index (χ4n) is 2.86. The summed E-state index contributed by atoms with van der Waals surface area (Å²) in [5, 5.41) is -4.14. The lowest BCUT2D eigenvalue weighted by Gasteiger charge is -2.52. The first-order valence-corrected chi connectivity index (χ1v) is 12.6. The van der Waals surface area contributed by atoms with E-state index < -0.39 is 54.1 Å². The minimum atomic E-state index is -5.77. The van der Waals surface area contributed by atoms with Gasteiger partial charge in [-0.2, -0.15) is 0 Å². The van der Waals surface area contributed by atoms with Crippen LogP contribution in [-0.2, 0) is 18.3 Å². The molecule has 0 bridgehead atoms. The fraction of sp³-hybridized carbons (Fsp3) is 1.00. The average molecular weight is 434 g/mol. The predicted molar refractivity (Wildman–Crippen MR) is 78.4 cm³/mol. The summed E-state index contributed by atoms with van der Waals surface area (Å²) in [6.45, 7) is 0. The van der Waals surface area contributed by atoms with Gasteiger partial charge in [0.15, 0.2) is 10.6 Å². The van der Waals surface area contributed by atoms with Crippen LogP contribution in [0.1, 0.15) is 25.7 Å². The normalized spacial score (nSPS) is 30.3. The van der Waals surface area contributed by atoms with Gasteiger partial charge in [-0.15, -0.1) is 0 Å². The number of hydrogen-bond acceptors (Lipinski definition) is 4. The van der Waals surface area contributed by atoms with Gasteiger partial charge in [0.2, 0.25) is 0 Å². The highest BCUT2D eigenvalue weighted by Crippen LogP contribution is 2.73. The molecule has 1 fully saturated rings. The zero-order valence-electron chi connectivity index (χ0n) is 11.8. The van der Waals surface area contributed by atoms with Crippen molar-refractivity contribution in [1.29, 1.82) is 0 Å². The summed E-state index contributed by atoms with van der Waals surface area (Å²) in [5.74, 6) is 0. The summed E-state index contributed by atoms with van der Waals surface area (Å²) in [7, 11) is -22.5. The van der Waals surface area contributed by atoms with Gasteiger partial charge in [-0.05, 0) is 12.8 Å². The fourth-order valence-corrected chi connectivity index (χ4v) is 9.41. The molecule has 0 aromatic heterocycles. The molecule has 1 saturated carbocycles.